The fraction of sp³-hybridized carbons (Fsp3) is 0.0952. The van der Waals surface area contributed by atoms with E-state index in [1.54, 1.807) is 0 Å². The van der Waals surface area contributed by atoms with Crippen LogP contribution in [0.25, 0.3) is 0 Å². The van der Waals surface area contributed by atoms with E-state index in [4.69, 9.17) is 39.9 Å². The summed E-state index contributed by atoms with van der Waals surface area (Å²) in [6.45, 7) is 0. The Labute approximate surface area is 167 Å². The molecule has 1 aliphatic rings. The van der Waals surface area contributed by atoms with Gasteiger partial charge >= 0.3 is 0 Å². The second-order valence-corrected chi connectivity index (χ2v) is 7.40. The number of nitrogens with zero attached hydrogens (tertiary/aromatic N) is 2. The number of rotatable bonds is 3. The molecule has 1 atom stereocenters. The Morgan fingerprint density at radius 3 is 2.04 bits per heavy atom. The SMILES string of the molecule is Clc1ccc([C@H]2CC(c3ccccc3Cl)=NN2c2ccc(Cl)cc2)cc1. The van der Waals surface area contributed by atoms with Crippen LogP contribution >= 0.6 is 34.8 Å². The number of hydrazone groups is 1. The van der Waals surface area contributed by atoms with Crippen molar-refractivity contribution < 1.29 is 0 Å². The molecule has 0 amide bonds. The third-order valence-electron chi connectivity index (χ3n) is 4.44. The molecule has 0 aliphatic carbocycles. The zero-order chi connectivity index (χ0) is 18.1. The molecule has 0 N–H and O–H groups in total. The van der Waals surface area contributed by atoms with Crippen molar-refractivity contribution in [3.05, 3.63) is 99.0 Å². The van der Waals surface area contributed by atoms with Crippen LogP contribution < -0.4 is 5.01 Å². The average molecular weight is 402 g/mol. The van der Waals surface area contributed by atoms with Crippen LogP contribution in [0.4, 0.5) is 5.69 Å². The molecule has 1 heterocycles. The van der Waals surface area contributed by atoms with Gasteiger partial charge in [-0.3, -0.25) is 5.01 Å². The fourth-order valence-electron chi connectivity index (χ4n) is 3.14. The molecule has 2 nitrogen and oxygen atoms in total. The topological polar surface area (TPSA) is 15.6 Å². The van der Waals surface area contributed by atoms with Crippen molar-refractivity contribution in [2.24, 2.45) is 5.10 Å². The van der Waals surface area contributed by atoms with E-state index in [2.05, 4.69) is 0 Å². The van der Waals surface area contributed by atoms with E-state index in [0.717, 1.165) is 34.0 Å². The van der Waals surface area contributed by atoms with Crippen molar-refractivity contribution in [1.82, 2.24) is 0 Å². The lowest BCUT2D eigenvalue weighted by Gasteiger charge is -2.24. The summed E-state index contributed by atoms with van der Waals surface area (Å²) in [4.78, 5) is 0. The van der Waals surface area contributed by atoms with Crippen molar-refractivity contribution >= 4 is 46.2 Å². The highest BCUT2D eigenvalue weighted by molar-refractivity contribution is 6.34. The molecule has 0 saturated heterocycles. The zero-order valence-corrected chi connectivity index (χ0v) is 16.0. The Kier molecular flexibility index (Phi) is 4.90. The minimum absolute atomic E-state index is 0.0692. The van der Waals surface area contributed by atoms with Crippen LogP contribution in [0.5, 0.6) is 0 Å². The summed E-state index contributed by atoms with van der Waals surface area (Å²) < 4.78 is 0. The molecule has 130 valence electrons. The summed E-state index contributed by atoms with van der Waals surface area (Å²) in [6.07, 6.45) is 0.758. The van der Waals surface area contributed by atoms with Crippen LogP contribution in [0, 0.1) is 0 Å². The minimum atomic E-state index is 0.0692. The predicted octanol–water partition coefficient (Wildman–Crippen LogP) is 7.00. The predicted molar refractivity (Wildman–Crippen MR) is 111 cm³/mol. The third-order valence-corrected chi connectivity index (χ3v) is 5.27. The minimum Gasteiger partial charge on any atom is -0.257 e. The lowest BCUT2D eigenvalue weighted by Crippen LogP contribution is -2.18. The summed E-state index contributed by atoms with van der Waals surface area (Å²) in [5, 5.41) is 9.04. The van der Waals surface area contributed by atoms with Gasteiger partial charge in [0.05, 0.1) is 17.4 Å². The lowest BCUT2D eigenvalue weighted by atomic mass is 9.98. The lowest BCUT2D eigenvalue weighted by molar-refractivity contribution is 0.709. The van der Waals surface area contributed by atoms with Crippen molar-refractivity contribution in [1.29, 1.82) is 0 Å². The van der Waals surface area contributed by atoms with Crippen LogP contribution in [-0.2, 0) is 0 Å². The van der Waals surface area contributed by atoms with E-state index in [1.807, 2.05) is 77.8 Å². The Bertz CT molecular complexity index is 950. The molecule has 5 heteroatoms. The van der Waals surface area contributed by atoms with Gasteiger partial charge in [0.15, 0.2) is 0 Å². The van der Waals surface area contributed by atoms with Crippen molar-refractivity contribution in [2.45, 2.75) is 12.5 Å². The first-order valence-electron chi connectivity index (χ1n) is 8.24. The second kappa shape index (κ2) is 7.32. The van der Waals surface area contributed by atoms with Gasteiger partial charge in [0.1, 0.15) is 0 Å². The van der Waals surface area contributed by atoms with Crippen LogP contribution in [0.3, 0.4) is 0 Å². The Balaban J connectivity index is 1.77. The molecule has 1 aliphatic heterocycles. The van der Waals surface area contributed by atoms with Crippen molar-refractivity contribution in [3.8, 4) is 0 Å². The fourth-order valence-corrected chi connectivity index (χ4v) is 3.64. The molecule has 0 bridgehead atoms. The maximum Gasteiger partial charge on any atom is 0.0831 e. The first kappa shape index (κ1) is 17.4. The quantitative estimate of drug-likeness (QED) is 0.461. The highest BCUT2D eigenvalue weighted by atomic mass is 35.5. The van der Waals surface area contributed by atoms with Gasteiger partial charge in [0, 0.05) is 27.1 Å². The van der Waals surface area contributed by atoms with Crippen LogP contribution in [0.15, 0.2) is 77.9 Å². The van der Waals surface area contributed by atoms with Gasteiger partial charge in [-0.1, -0.05) is 65.1 Å². The molecule has 0 saturated carbocycles. The maximum absolute atomic E-state index is 6.40. The smallest absolute Gasteiger partial charge is 0.0831 e. The normalized spacial score (nSPS) is 16.7. The molecule has 0 spiro atoms. The summed E-state index contributed by atoms with van der Waals surface area (Å²) >= 11 is 18.5. The Morgan fingerprint density at radius 1 is 0.769 bits per heavy atom. The molecule has 0 fully saturated rings. The maximum atomic E-state index is 6.40. The van der Waals surface area contributed by atoms with Gasteiger partial charge in [-0.25, -0.2) is 0 Å². The summed E-state index contributed by atoms with van der Waals surface area (Å²) in [6, 6.07) is 23.5. The molecule has 4 rings (SSSR count). The molecular weight excluding hydrogens is 387 g/mol. The van der Waals surface area contributed by atoms with Crippen LogP contribution in [0.2, 0.25) is 15.1 Å². The number of hydrogen-bond acceptors (Lipinski definition) is 2. The molecular formula is C21H15Cl3N2. The van der Waals surface area contributed by atoms with E-state index in [1.165, 1.54) is 0 Å². The van der Waals surface area contributed by atoms with E-state index >= 15 is 0 Å². The first-order chi connectivity index (χ1) is 12.6. The van der Waals surface area contributed by atoms with Gasteiger partial charge in [-0.05, 0) is 48.0 Å². The molecule has 0 aromatic heterocycles. The van der Waals surface area contributed by atoms with Gasteiger partial charge in [0.25, 0.3) is 0 Å². The molecule has 0 radical (unpaired) electrons. The first-order valence-corrected chi connectivity index (χ1v) is 9.38. The summed E-state index contributed by atoms with van der Waals surface area (Å²) in [7, 11) is 0. The summed E-state index contributed by atoms with van der Waals surface area (Å²) in [5.41, 5.74) is 4.06. The van der Waals surface area contributed by atoms with Crippen molar-refractivity contribution in [3.63, 3.8) is 0 Å². The van der Waals surface area contributed by atoms with E-state index in [9.17, 15) is 0 Å². The average Bonchev–Trinajstić information content (AvgIpc) is 3.08. The second-order valence-electron chi connectivity index (χ2n) is 6.12. The molecule has 3 aromatic carbocycles. The third kappa shape index (κ3) is 3.45. The molecule has 0 unspecified atom stereocenters. The van der Waals surface area contributed by atoms with Gasteiger partial charge in [-0.15, -0.1) is 0 Å². The Hall–Kier alpha value is -2.00. The van der Waals surface area contributed by atoms with Crippen molar-refractivity contribution in [2.75, 3.05) is 5.01 Å². The summed E-state index contributed by atoms with van der Waals surface area (Å²) in [5.74, 6) is 0. The van der Waals surface area contributed by atoms with Gasteiger partial charge in [0.2, 0.25) is 0 Å². The van der Waals surface area contributed by atoms with Gasteiger partial charge < -0.3 is 0 Å². The van der Waals surface area contributed by atoms with E-state index < -0.39 is 0 Å². The van der Waals surface area contributed by atoms with E-state index in [-0.39, 0.29) is 6.04 Å². The highest BCUT2D eigenvalue weighted by Gasteiger charge is 2.30. The number of anilines is 1. The van der Waals surface area contributed by atoms with Crippen LogP contribution in [-0.4, -0.2) is 5.71 Å². The Morgan fingerprint density at radius 2 is 1.38 bits per heavy atom. The number of halogens is 3. The molecule has 26 heavy (non-hydrogen) atoms. The number of benzene rings is 3. The molecule has 3 aromatic rings. The van der Waals surface area contributed by atoms with Gasteiger partial charge in [-0.2, -0.15) is 5.10 Å². The standard InChI is InChI=1S/C21H15Cl3N2/c22-15-7-5-14(6-8-15)21-13-20(18-3-1-2-4-19(18)24)25-26(21)17-11-9-16(23)10-12-17/h1-12,21H,13H2/t21-/m1/s1. The zero-order valence-electron chi connectivity index (χ0n) is 13.7. The van der Waals surface area contributed by atoms with E-state index in [0.29, 0.717) is 10.0 Å². The van der Waals surface area contributed by atoms with Crippen LogP contribution in [0.1, 0.15) is 23.6 Å². The monoisotopic (exact) mass is 400 g/mol. The number of hydrogen-bond donors (Lipinski definition) is 0. The largest absolute Gasteiger partial charge is 0.257 e. The highest BCUT2D eigenvalue weighted by Crippen LogP contribution is 2.38.